The maximum atomic E-state index is 12.3. The van der Waals surface area contributed by atoms with Crippen LogP contribution in [0.5, 0.6) is 5.75 Å². The van der Waals surface area contributed by atoms with Crippen LogP contribution in [0.15, 0.2) is 24.3 Å². The lowest BCUT2D eigenvalue weighted by atomic mass is 9.93. The molecule has 0 radical (unpaired) electrons. The van der Waals surface area contributed by atoms with Crippen molar-refractivity contribution in [3.05, 3.63) is 29.8 Å². The molecule has 4 nitrogen and oxygen atoms in total. The van der Waals surface area contributed by atoms with Crippen LogP contribution in [0.2, 0.25) is 0 Å². The van der Waals surface area contributed by atoms with E-state index in [4.69, 9.17) is 0 Å². The molecular formula is C16H19NO3. The van der Waals surface area contributed by atoms with Crippen LogP contribution >= 0.6 is 0 Å². The number of aromatic hydroxyl groups is 1. The average Bonchev–Trinajstić information content (AvgIpc) is 3.03. The van der Waals surface area contributed by atoms with Gasteiger partial charge < -0.3 is 14.8 Å². The van der Waals surface area contributed by atoms with Gasteiger partial charge in [-0.3, -0.25) is 4.79 Å². The van der Waals surface area contributed by atoms with Crippen molar-refractivity contribution < 1.29 is 14.7 Å². The number of fused-ring (bicyclic) bond motifs is 1. The van der Waals surface area contributed by atoms with Crippen molar-refractivity contribution in [1.29, 1.82) is 0 Å². The van der Waals surface area contributed by atoms with Crippen LogP contribution in [0, 0.1) is 17.8 Å². The second-order valence-corrected chi connectivity index (χ2v) is 6.09. The molecule has 2 unspecified atom stereocenters. The van der Waals surface area contributed by atoms with Crippen molar-refractivity contribution in [2.75, 3.05) is 6.54 Å². The minimum Gasteiger partial charge on any atom is -0.508 e. The van der Waals surface area contributed by atoms with E-state index in [0.717, 1.165) is 11.8 Å². The minimum atomic E-state index is -0.0731. The lowest BCUT2D eigenvalue weighted by Crippen LogP contribution is -2.36. The molecule has 1 amide bonds. The lowest BCUT2D eigenvalue weighted by molar-refractivity contribution is -0.134. The molecular weight excluding hydrogens is 254 g/mol. The molecule has 0 bridgehead atoms. The fourth-order valence-electron chi connectivity index (χ4n) is 3.57. The lowest BCUT2D eigenvalue weighted by Gasteiger charge is -2.24. The molecule has 20 heavy (non-hydrogen) atoms. The van der Waals surface area contributed by atoms with Crippen LogP contribution in [0.4, 0.5) is 0 Å². The quantitative estimate of drug-likeness (QED) is 0.854. The molecule has 1 saturated carbocycles. The van der Waals surface area contributed by atoms with E-state index in [2.05, 4.69) is 0 Å². The number of piperidine rings is 1. The molecule has 4 atom stereocenters. The monoisotopic (exact) mass is 273 g/mol. The molecule has 4 heteroatoms. The Morgan fingerprint density at radius 3 is 2.70 bits per heavy atom. The van der Waals surface area contributed by atoms with Gasteiger partial charge in [-0.05, 0) is 11.6 Å². The summed E-state index contributed by atoms with van der Waals surface area (Å²) in [6.45, 7) is 4.36. The molecule has 1 aromatic carbocycles. The van der Waals surface area contributed by atoms with Crippen molar-refractivity contribution in [2.45, 2.75) is 25.8 Å². The van der Waals surface area contributed by atoms with Crippen molar-refractivity contribution in [2.24, 2.45) is 17.8 Å². The second kappa shape index (κ2) is 4.62. The van der Waals surface area contributed by atoms with Gasteiger partial charge >= 0.3 is 0 Å². The van der Waals surface area contributed by atoms with Gasteiger partial charge in [0.15, 0.2) is 0 Å². The van der Waals surface area contributed by atoms with E-state index >= 15 is 0 Å². The van der Waals surface area contributed by atoms with Crippen LogP contribution in [0.25, 0.3) is 0 Å². The number of phenols is 1. The van der Waals surface area contributed by atoms with Gasteiger partial charge in [0.1, 0.15) is 12.0 Å². The van der Waals surface area contributed by atoms with Crippen LogP contribution < -0.4 is 0 Å². The van der Waals surface area contributed by atoms with Gasteiger partial charge in [-0.15, -0.1) is 0 Å². The Hall–Kier alpha value is -1.84. The fraction of sp³-hybridized carbons (Fsp3) is 0.500. The molecule has 3 rings (SSSR count). The summed E-state index contributed by atoms with van der Waals surface area (Å²) in [5, 5.41) is 10.0. The summed E-state index contributed by atoms with van der Waals surface area (Å²) in [6, 6.07) is 7.25. The van der Waals surface area contributed by atoms with Crippen LogP contribution in [0.1, 0.15) is 25.3 Å². The smallest absolute Gasteiger partial charge is 0.225 e. The van der Waals surface area contributed by atoms with E-state index in [1.165, 1.54) is 0 Å². The first-order valence-corrected chi connectivity index (χ1v) is 7.10. The molecule has 2 fully saturated rings. The predicted molar refractivity (Wildman–Crippen MR) is 74.2 cm³/mol. The Bertz CT molecular complexity index is 554. The predicted octanol–water partition coefficient (Wildman–Crippen LogP) is 1.79. The molecule has 1 aliphatic heterocycles. The third-order valence-electron chi connectivity index (χ3n) is 4.58. The highest BCUT2D eigenvalue weighted by Crippen LogP contribution is 2.57. The highest BCUT2D eigenvalue weighted by molar-refractivity contribution is 5.81. The van der Waals surface area contributed by atoms with Gasteiger partial charge in [0.2, 0.25) is 5.91 Å². The Kier molecular flexibility index (Phi) is 3.04. The summed E-state index contributed by atoms with van der Waals surface area (Å²) < 4.78 is 0. The maximum Gasteiger partial charge on any atom is 0.225 e. The van der Waals surface area contributed by atoms with Gasteiger partial charge in [-0.1, -0.05) is 32.0 Å². The summed E-state index contributed by atoms with van der Waals surface area (Å²) in [5.74, 6) is 0.458. The van der Waals surface area contributed by atoms with E-state index < -0.39 is 0 Å². The molecule has 1 aromatic rings. The van der Waals surface area contributed by atoms with Crippen molar-refractivity contribution in [1.82, 2.24) is 4.90 Å². The van der Waals surface area contributed by atoms with Crippen molar-refractivity contribution >= 4 is 12.2 Å². The summed E-state index contributed by atoms with van der Waals surface area (Å²) in [7, 11) is 0. The molecule has 0 spiro atoms. The number of hydrogen-bond donors (Lipinski definition) is 1. The summed E-state index contributed by atoms with van der Waals surface area (Å²) in [4.78, 5) is 25.3. The van der Waals surface area contributed by atoms with Gasteiger partial charge in [-0.25, -0.2) is 0 Å². The number of amides is 1. The number of benzene rings is 1. The van der Waals surface area contributed by atoms with E-state index in [0.29, 0.717) is 6.54 Å². The number of para-hydroxylation sites is 1. The maximum absolute atomic E-state index is 12.3. The molecule has 1 heterocycles. The van der Waals surface area contributed by atoms with Crippen LogP contribution in [0.3, 0.4) is 0 Å². The largest absolute Gasteiger partial charge is 0.508 e. The summed E-state index contributed by atoms with van der Waals surface area (Å²) >= 11 is 0. The van der Waals surface area contributed by atoms with E-state index in [-0.39, 0.29) is 41.4 Å². The second-order valence-electron chi connectivity index (χ2n) is 6.09. The normalized spacial score (nSPS) is 31.2. The highest BCUT2D eigenvalue weighted by atomic mass is 16.3. The standard InChI is InChI=1S/C16H19NO3/c1-9(2)16(20)17-7-11(14-12(8-18)15(14)17)10-5-3-4-6-13(10)19/h3-6,8-9,11-12,14-15,19H,7H2,1-2H3/t11-,12?,14+,15?/m1/s1. The molecule has 2 aliphatic rings. The van der Waals surface area contributed by atoms with Crippen LogP contribution in [-0.4, -0.2) is 34.8 Å². The topological polar surface area (TPSA) is 57.6 Å². The zero-order valence-corrected chi connectivity index (χ0v) is 11.7. The zero-order valence-electron chi connectivity index (χ0n) is 11.7. The molecule has 1 N–H and O–H groups in total. The number of phenolic OH excluding ortho intramolecular Hbond substituents is 1. The number of likely N-dealkylation sites (tertiary alicyclic amines) is 1. The zero-order chi connectivity index (χ0) is 14.4. The van der Waals surface area contributed by atoms with Gasteiger partial charge in [0, 0.05) is 36.3 Å². The number of aldehydes is 1. The molecule has 106 valence electrons. The molecule has 1 aliphatic carbocycles. The SMILES string of the molecule is CC(C)C(=O)N1C[C@H](c2ccccc2O)[C@H]2C(C=O)C21. The Morgan fingerprint density at radius 1 is 1.40 bits per heavy atom. The first-order chi connectivity index (χ1) is 9.56. The van der Waals surface area contributed by atoms with Crippen molar-refractivity contribution in [3.63, 3.8) is 0 Å². The number of rotatable bonds is 3. The number of carbonyl (C=O) groups excluding carboxylic acids is 2. The average molecular weight is 273 g/mol. The van der Waals surface area contributed by atoms with Gasteiger partial charge in [-0.2, -0.15) is 0 Å². The minimum absolute atomic E-state index is 0.0343. The summed E-state index contributed by atoms with van der Waals surface area (Å²) in [5.41, 5.74) is 0.853. The number of carbonyl (C=O) groups is 2. The number of nitrogens with zero attached hydrogens (tertiary/aromatic N) is 1. The summed E-state index contributed by atoms with van der Waals surface area (Å²) in [6.07, 6.45) is 0.960. The van der Waals surface area contributed by atoms with Gasteiger partial charge in [0.25, 0.3) is 0 Å². The van der Waals surface area contributed by atoms with Crippen LogP contribution in [-0.2, 0) is 9.59 Å². The molecule has 1 saturated heterocycles. The van der Waals surface area contributed by atoms with E-state index in [1.807, 2.05) is 30.9 Å². The number of hydrogen-bond acceptors (Lipinski definition) is 3. The Morgan fingerprint density at radius 2 is 2.10 bits per heavy atom. The Balaban J connectivity index is 1.90. The first-order valence-electron chi connectivity index (χ1n) is 7.10. The van der Waals surface area contributed by atoms with E-state index in [1.54, 1.807) is 12.1 Å². The third-order valence-corrected chi connectivity index (χ3v) is 4.58. The first kappa shape index (κ1) is 13.2. The van der Waals surface area contributed by atoms with Gasteiger partial charge in [0.05, 0.1) is 0 Å². The van der Waals surface area contributed by atoms with E-state index in [9.17, 15) is 14.7 Å². The Labute approximate surface area is 118 Å². The fourth-order valence-corrected chi connectivity index (χ4v) is 3.57. The highest BCUT2D eigenvalue weighted by Gasteiger charge is 2.64. The van der Waals surface area contributed by atoms with Crippen molar-refractivity contribution in [3.8, 4) is 5.75 Å². The third kappa shape index (κ3) is 1.82. The molecule has 0 aromatic heterocycles.